The summed E-state index contributed by atoms with van der Waals surface area (Å²) in [4.78, 5) is 11.6. The molecule has 1 unspecified atom stereocenters. The molecule has 16 heavy (non-hydrogen) atoms. The summed E-state index contributed by atoms with van der Waals surface area (Å²) in [5, 5.41) is 6.15. The zero-order valence-corrected chi connectivity index (χ0v) is 11.1. The molecular formula is C10H14BrClN2O2. The van der Waals surface area contributed by atoms with E-state index in [1.54, 1.807) is 12.1 Å². The quantitative estimate of drug-likeness (QED) is 0.897. The second-order valence-corrected chi connectivity index (χ2v) is 4.39. The first-order valence-corrected chi connectivity index (χ1v) is 5.82. The van der Waals surface area contributed by atoms with Crippen molar-refractivity contribution in [1.82, 2.24) is 10.6 Å². The van der Waals surface area contributed by atoms with Crippen LogP contribution in [0.15, 0.2) is 21.2 Å². The fraction of sp³-hybridized carbons (Fsp3) is 0.500. The highest BCUT2D eigenvalue weighted by Gasteiger charge is 2.16. The molecule has 2 heterocycles. The molecule has 1 saturated heterocycles. The van der Waals surface area contributed by atoms with Crippen molar-refractivity contribution in [1.29, 1.82) is 0 Å². The van der Waals surface area contributed by atoms with Crippen molar-refractivity contribution in [2.75, 3.05) is 13.1 Å². The van der Waals surface area contributed by atoms with Crippen molar-refractivity contribution < 1.29 is 9.21 Å². The molecule has 4 nitrogen and oxygen atoms in total. The van der Waals surface area contributed by atoms with Crippen molar-refractivity contribution in [2.45, 2.75) is 18.9 Å². The van der Waals surface area contributed by atoms with Gasteiger partial charge in [-0.25, -0.2) is 0 Å². The molecule has 0 aromatic carbocycles. The number of furan rings is 1. The summed E-state index contributed by atoms with van der Waals surface area (Å²) in [6, 6.07) is 3.77. The Morgan fingerprint density at radius 1 is 1.62 bits per heavy atom. The third-order valence-electron chi connectivity index (χ3n) is 2.47. The lowest BCUT2D eigenvalue weighted by Crippen LogP contribution is -2.36. The van der Waals surface area contributed by atoms with E-state index in [1.165, 1.54) is 6.42 Å². The minimum absolute atomic E-state index is 0. The third kappa shape index (κ3) is 3.50. The van der Waals surface area contributed by atoms with E-state index in [9.17, 15) is 4.79 Å². The van der Waals surface area contributed by atoms with Crippen molar-refractivity contribution in [3.63, 3.8) is 0 Å². The summed E-state index contributed by atoms with van der Waals surface area (Å²) in [6.07, 6.45) is 2.31. The van der Waals surface area contributed by atoms with E-state index >= 15 is 0 Å². The SMILES string of the molecule is Cl.O=C(NCC1CCCN1)c1ccc(Br)o1. The van der Waals surface area contributed by atoms with E-state index < -0.39 is 0 Å². The molecular weight excluding hydrogens is 295 g/mol. The van der Waals surface area contributed by atoms with Crippen LogP contribution in [0.5, 0.6) is 0 Å². The summed E-state index contributed by atoms with van der Waals surface area (Å²) in [5.74, 6) is 0.189. The zero-order valence-electron chi connectivity index (χ0n) is 8.66. The first kappa shape index (κ1) is 13.5. The van der Waals surface area contributed by atoms with Crippen molar-refractivity contribution in [2.24, 2.45) is 0 Å². The number of hydrogen-bond acceptors (Lipinski definition) is 3. The maximum atomic E-state index is 11.6. The van der Waals surface area contributed by atoms with Gasteiger partial charge in [0.25, 0.3) is 5.91 Å². The lowest BCUT2D eigenvalue weighted by molar-refractivity contribution is 0.0921. The second kappa shape index (κ2) is 6.27. The predicted molar refractivity (Wildman–Crippen MR) is 67.0 cm³/mol. The van der Waals surface area contributed by atoms with Gasteiger partial charge < -0.3 is 15.1 Å². The van der Waals surface area contributed by atoms with Crippen LogP contribution in [0.1, 0.15) is 23.4 Å². The largest absolute Gasteiger partial charge is 0.444 e. The van der Waals surface area contributed by atoms with E-state index in [1.807, 2.05) is 0 Å². The molecule has 90 valence electrons. The molecule has 2 rings (SSSR count). The van der Waals surface area contributed by atoms with Crippen LogP contribution in [0.4, 0.5) is 0 Å². The summed E-state index contributed by atoms with van der Waals surface area (Å²) < 4.78 is 5.72. The molecule has 0 saturated carbocycles. The van der Waals surface area contributed by atoms with Gasteiger partial charge in [0, 0.05) is 12.6 Å². The van der Waals surface area contributed by atoms with Gasteiger partial charge in [0.1, 0.15) is 0 Å². The highest BCUT2D eigenvalue weighted by Crippen LogP contribution is 2.13. The van der Waals surface area contributed by atoms with E-state index in [4.69, 9.17) is 4.42 Å². The van der Waals surface area contributed by atoms with E-state index in [-0.39, 0.29) is 18.3 Å². The predicted octanol–water partition coefficient (Wildman–Crippen LogP) is 1.95. The van der Waals surface area contributed by atoms with Crippen molar-refractivity contribution in [3.05, 3.63) is 22.6 Å². The molecule has 0 aliphatic carbocycles. The van der Waals surface area contributed by atoms with Crippen LogP contribution in [-0.4, -0.2) is 25.0 Å². The number of hydrogen-bond donors (Lipinski definition) is 2. The average Bonchev–Trinajstić information content (AvgIpc) is 2.84. The molecule has 1 aliphatic rings. The summed E-state index contributed by atoms with van der Waals surface area (Å²) in [6.45, 7) is 1.71. The Balaban J connectivity index is 0.00000128. The van der Waals surface area contributed by atoms with E-state index in [2.05, 4.69) is 26.6 Å². The Morgan fingerprint density at radius 3 is 3.00 bits per heavy atom. The number of amides is 1. The Bertz CT molecular complexity index is 350. The van der Waals surface area contributed by atoms with Gasteiger partial charge in [0.15, 0.2) is 10.4 Å². The van der Waals surface area contributed by atoms with E-state index in [0.29, 0.717) is 23.0 Å². The molecule has 1 aromatic heterocycles. The fourth-order valence-corrected chi connectivity index (χ4v) is 1.98. The van der Waals surface area contributed by atoms with Gasteiger partial charge in [0.05, 0.1) is 0 Å². The highest BCUT2D eigenvalue weighted by atomic mass is 79.9. The number of carbonyl (C=O) groups is 1. The molecule has 1 atom stereocenters. The smallest absolute Gasteiger partial charge is 0.287 e. The Hall–Kier alpha value is -0.520. The Labute approximate surface area is 109 Å². The molecule has 1 aliphatic heterocycles. The van der Waals surface area contributed by atoms with Crippen LogP contribution in [0.25, 0.3) is 0 Å². The molecule has 1 amide bonds. The number of nitrogens with one attached hydrogen (secondary N) is 2. The van der Waals surface area contributed by atoms with Crippen molar-refractivity contribution in [3.8, 4) is 0 Å². The monoisotopic (exact) mass is 308 g/mol. The molecule has 0 bridgehead atoms. The summed E-state index contributed by atoms with van der Waals surface area (Å²) in [5.41, 5.74) is 0. The molecule has 0 radical (unpaired) electrons. The molecule has 2 N–H and O–H groups in total. The van der Waals surface area contributed by atoms with Gasteiger partial charge in [-0.05, 0) is 47.4 Å². The maximum absolute atomic E-state index is 11.6. The topological polar surface area (TPSA) is 54.3 Å². The Kier molecular flexibility index (Phi) is 5.31. The number of halogens is 2. The molecule has 1 fully saturated rings. The minimum atomic E-state index is -0.158. The minimum Gasteiger partial charge on any atom is -0.444 e. The molecule has 0 spiro atoms. The van der Waals surface area contributed by atoms with Gasteiger partial charge in [-0.1, -0.05) is 0 Å². The third-order valence-corrected chi connectivity index (χ3v) is 2.89. The van der Waals surface area contributed by atoms with Crippen LogP contribution in [-0.2, 0) is 0 Å². The normalized spacial score (nSPS) is 19.2. The van der Waals surface area contributed by atoms with Crippen LogP contribution in [0.3, 0.4) is 0 Å². The average molecular weight is 310 g/mol. The zero-order chi connectivity index (χ0) is 10.7. The first-order chi connectivity index (χ1) is 7.25. The van der Waals surface area contributed by atoms with Crippen LogP contribution in [0, 0.1) is 0 Å². The lowest BCUT2D eigenvalue weighted by atomic mass is 10.2. The van der Waals surface area contributed by atoms with E-state index in [0.717, 1.165) is 13.0 Å². The summed E-state index contributed by atoms with van der Waals surface area (Å²) >= 11 is 3.16. The number of rotatable bonds is 3. The van der Waals surface area contributed by atoms with Crippen LogP contribution in [0.2, 0.25) is 0 Å². The lowest BCUT2D eigenvalue weighted by Gasteiger charge is -2.10. The van der Waals surface area contributed by atoms with Gasteiger partial charge >= 0.3 is 0 Å². The standard InChI is InChI=1S/C10H13BrN2O2.ClH/c11-9-4-3-8(15-9)10(14)13-6-7-2-1-5-12-7;/h3-4,7,12H,1-2,5-6H2,(H,13,14);1H. The molecule has 6 heteroatoms. The fourth-order valence-electron chi connectivity index (χ4n) is 1.67. The summed E-state index contributed by atoms with van der Waals surface area (Å²) in [7, 11) is 0. The molecule has 1 aromatic rings. The number of carbonyl (C=O) groups excluding carboxylic acids is 1. The maximum Gasteiger partial charge on any atom is 0.287 e. The van der Waals surface area contributed by atoms with Gasteiger partial charge in [0.2, 0.25) is 0 Å². The van der Waals surface area contributed by atoms with Crippen molar-refractivity contribution >= 4 is 34.2 Å². The van der Waals surface area contributed by atoms with Gasteiger partial charge in [-0.2, -0.15) is 0 Å². The van der Waals surface area contributed by atoms with Gasteiger partial charge in [-0.15, -0.1) is 12.4 Å². The Morgan fingerprint density at radius 2 is 2.44 bits per heavy atom. The highest BCUT2D eigenvalue weighted by molar-refractivity contribution is 9.10. The van der Waals surface area contributed by atoms with Gasteiger partial charge in [-0.3, -0.25) is 4.79 Å². The first-order valence-electron chi connectivity index (χ1n) is 5.02. The van der Waals surface area contributed by atoms with Crippen LogP contribution < -0.4 is 10.6 Å². The van der Waals surface area contributed by atoms with Crippen LogP contribution >= 0.6 is 28.3 Å². The second-order valence-electron chi connectivity index (χ2n) is 3.61.